The molecule has 0 saturated carbocycles. The average molecular weight is 358 g/mol. The maximum absolute atomic E-state index is 12.3. The molecule has 1 saturated heterocycles. The third kappa shape index (κ3) is 5.13. The molecule has 5 heteroatoms. The van der Waals surface area contributed by atoms with E-state index in [0.717, 1.165) is 48.3 Å². The van der Waals surface area contributed by atoms with Crippen LogP contribution in [0.25, 0.3) is 0 Å². The predicted octanol–water partition coefficient (Wildman–Crippen LogP) is 4.11. The van der Waals surface area contributed by atoms with Crippen molar-refractivity contribution in [2.24, 2.45) is 11.8 Å². The van der Waals surface area contributed by atoms with Crippen molar-refractivity contribution in [3.8, 4) is 0 Å². The maximum atomic E-state index is 12.3. The molecular formula is C20H27N3OS. The number of piperidine rings is 1. The molecular weight excluding hydrogens is 330 g/mol. The predicted molar refractivity (Wildman–Crippen MR) is 104 cm³/mol. The van der Waals surface area contributed by atoms with Crippen molar-refractivity contribution in [2.75, 3.05) is 18.4 Å². The number of anilines is 1. The Hall–Kier alpha value is -1.72. The van der Waals surface area contributed by atoms with E-state index in [9.17, 15) is 4.79 Å². The Labute approximate surface area is 154 Å². The minimum absolute atomic E-state index is 0.00424. The molecule has 0 radical (unpaired) electrons. The number of aryl methyl sites for hydroxylation is 1. The summed E-state index contributed by atoms with van der Waals surface area (Å²) in [6.07, 6.45) is 1.70. The number of hydrogen-bond acceptors (Lipinski definition) is 4. The highest BCUT2D eigenvalue weighted by atomic mass is 32.1. The van der Waals surface area contributed by atoms with Crippen molar-refractivity contribution in [1.82, 2.24) is 9.88 Å². The summed E-state index contributed by atoms with van der Waals surface area (Å²) >= 11 is 1.51. The number of likely N-dealkylation sites (tertiary alicyclic amines) is 1. The van der Waals surface area contributed by atoms with Crippen LogP contribution in [0.2, 0.25) is 0 Å². The minimum Gasteiger partial charge on any atom is -0.302 e. The summed E-state index contributed by atoms with van der Waals surface area (Å²) in [6, 6.07) is 8.00. The van der Waals surface area contributed by atoms with Gasteiger partial charge in [-0.1, -0.05) is 38.1 Å². The second kappa shape index (κ2) is 8.11. The lowest BCUT2D eigenvalue weighted by Crippen LogP contribution is -2.38. The van der Waals surface area contributed by atoms with Crippen molar-refractivity contribution in [3.63, 3.8) is 0 Å². The highest BCUT2D eigenvalue weighted by molar-refractivity contribution is 7.13. The summed E-state index contributed by atoms with van der Waals surface area (Å²) in [5.74, 6) is 1.49. The topological polar surface area (TPSA) is 45.2 Å². The van der Waals surface area contributed by atoms with E-state index in [1.54, 1.807) is 0 Å². The van der Waals surface area contributed by atoms with Crippen LogP contribution in [0, 0.1) is 18.8 Å². The quantitative estimate of drug-likeness (QED) is 0.876. The van der Waals surface area contributed by atoms with Crippen LogP contribution in [0.3, 0.4) is 0 Å². The zero-order valence-electron chi connectivity index (χ0n) is 15.3. The lowest BCUT2D eigenvalue weighted by Gasteiger charge is -2.34. The third-order valence-corrected chi connectivity index (χ3v) is 5.55. The zero-order chi connectivity index (χ0) is 17.8. The van der Waals surface area contributed by atoms with Gasteiger partial charge in [-0.2, -0.15) is 0 Å². The SMILES string of the molecule is Cc1ccccc1CC(=O)Nc1nc(CN2CC(C)CC(C)C2)cs1. The molecule has 3 rings (SSSR count). The van der Waals surface area contributed by atoms with Crippen LogP contribution in [0.5, 0.6) is 0 Å². The second-order valence-corrected chi connectivity index (χ2v) is 8.29. The summed E-state index contributed by atoms with van der Waals surface area (Å²) < 4.78 is 0. The molecule has 0 aliphatic carbocycles. The molecule has 1 aliphatic heterocycles. The average Bonchev–Trinajstić information content (AvgIpc) is 2.95. The normalized spacial score (nSPS) is 21.2. The van der Waals surface area contributed by atoms with Gasteiger partial charge in [0.2, 0.25) is 5.91 Å². The van der Waals surface area contributed by atoms with Gasteiger partial charge in [-0.3, -0.25) is 9.69 Å². The van der Waals surface area contributed by atoms with Crippen molar-refractivity contribution >= 4 is 22.4 Å². The van der Waals surface area contributed by atoms with Crippen LogP contribution >= 0.6 is 11.3 Å². The number of rotatable bonds is 5. The van der Waals surface area contributed by atoms with E-state index in [4.69, 9.17) is 0 Å². The smallest absolute Gasteiger partial charge is 0.230 e. The van der Waals surface area contributed by atoms with Crippen molar-refractivity contribution in [2.45, 2.75) is 40.2 Å². The van der Waals surface area contributed by atoms with Gasteiger partial charge in [-0.05, 0) is 36.3 Å². The van der Waals surface area contributed by atoms with Gasteiger partial charge in [0.05, 0.1) is 12.1 Å². The van der Waals surface area contributed by atoms with E-state index in [-0.39, 0.29) is 5.91 Å². The lowest BCUT2D eigenvalue weighted by atomic mass is 9.92. The minimum atomic E-state index is -0.00424. The first kappa shape index (κ1) is 18.1. The summed E-state index contributed by atoms with van der Waals surface area (Å²) in [5, 5.41) is 5.71. The number of benzene rings is 1. The Morgan fingerprint density at radius 1 is 1.28 bits per heavy atom. The Morgan fingerprint density at radius 3 is 2.72 bits per heavy atom. The fraction of sp³-hybridized carbons (Fsp3) is 0.500. The number of hydrogen-bond donors (Lipinski definition) is 1. The van der Waals surface area contributed by atoms with E-state index < -0.39 is 0 Å². The highest BCUT2D eigenvalue weighted by Gasteiger charge is 2.22. The van der Waals surface area contributed by atoms with Gasteiger partial charge in [0.25, 0.3) is 0 Å². The van der Waals surface area contributed by atoms with Crippen LogP contribution in [0.15, 0.2) is 29.6 Å². The lowest BCUT2D eigenvalue weighted by molar-refractivity contribution is -0.115. The molecule has 2 atom stereocenters. The summed E-state index contributed by atoms with van der Waals surface area (Å²) in [4.78, 5) is 19.3. The summed E-state index contributed by atoms with van der Waals surface area (Å²) in [7, 11) is 0. The van der Waals surface area contributed by atoms with E-state index in [0.29, 0.717) is 11.6 Å². The van der Waals surface area contributed by atoms with E-state index in [1.807, 2.05) is 31.2 Å². The molecule has 1 N–H and O–H groups in total. The fourth-order valence-electron chi connectivity index (χ4n) is 3.73. The van der Waals surface area contributed by atoms with E-state index in [1.165, 1.54) is 17.8 Å². The number of carbonyl (C=O) groups is 1. The molecule has 1 amide bonds. The van der Waals surface area contributed by atoms with Gasteiger partial charge < -0.3 is 5.32 Å². The van der Waals surface area contributed by atoms with Gasteiger partial charge in [0, 0.05) is 25.0 Å². The summed E-state index contributed by atoms with van der Waals surface area (Å²) in [6.45, 7) is 9.82. The van der Waals surface area contributed by atoms with Gasteiger partial charge in [-0.25, -0.2) is 4.98 Å². The molecule has 0 spiro atoms. The summed E-state index contributed by atoms with van der Waals surface area (Å²) in [5.41, 5.74) is 3.26. The molecule has 1 aromatic heterocycles. The molecule has 0 bridgehead atoms. The molecule has 2 unspecified atom stereocenters. The molecule has 4 nitrogen and oxygen atoms in total. The first-order chi connectivity index (χ1) is 12.0. The van der Waals surface area contributed by atoms with Crippen molar-refractivity contribution < 1.29 is 4.79 Å². The van der Waals surface area contributed by atoms with Gasteiger partial charge in [0.15, 0.2) is 5.13 Å². The number of nitrogens with one attached hydrogen (secondary N) is 1. The van der Waals surface area contributed by atoms with Gasteiger partial charge in [-0.15, -0.1) is 11.3 Å². The molecule has 1 aliphatic rings. The van der Waals surface area contributed by atoms with Crippen LogP contribution < -0.4 is 5.32 Å². The Balaban J connectivity index is 1.54. The van der Waals surface area contributed by atoms with Gasteiger partial charge >= 0.3 is 0 Å². The molecule has 2 aromatic rings. The Bertz CT molecular complexity index is 717. The molecule has 2 heterocycles. The van der Waals surface area contributed by atoms with Crippen LogP contribution in [0.4, 0.5) is 5.13 Å². The standard InChI is InChI=1S/C20H27N3OS/c1-14-8-15(2)11-23(10-14)12-18-13-25-20(21-18)22-19(24)9-17-7-5-4-6-16(17)3/h4-7,13-15H,8-12H2,1-3H3,(H,21,22,24). The first-order valence-electron chi connectivity index (χ1n) is 9.00. The van der Waals surface area contributed by atoms with Crippen LogP contribution in [-0.4, -0.2) is 28.9 Å². The monoisotopic (exact) mass is 357 g/mol. The van der Waals surface area contributed by atoms with Crippen molar-refractivity contribution in [1.29, 1.82) is 0 Å². The van der Waals surface area contributed by atoms with E-state index >= 15 is 0 Å². The maximum Gasteiger partial charge on any atom is 0.230 e. The van der Waals surface area contributed by atoms with Crippen LogP contribution in [0.1, 0.15) is 37.1 Å². The molecule has 25 heavy (non-hydrogen) atoms. The molecule has 134 valence electrons. The number of amides is 1. The van der Waals surface area contributed by atoms with Crippen molar-refractivity contribution in [3.05, 3.63) is 46.5 Å². The number of carbonyl (C=O) groups excluding carboxylic acids is 1. The first-order valence-corrected chi connectivity index (χ1v) is 9.88. The molecule has 1 fully saturated rings. The highest BCUT2D eigenvalue weighted by Crippen LogP contribution is 2.24. The third-order valence-electron chi connectivity index (χ3n) is 4.74. The fourth-order valence-corrected chi connectivity index (χ4v) is 4.45. The largest absolute Gasteiger partial charge is 0.302 e. The Morgan fingerprint density at radius 2 is 2.00 bits per heavy atom. The van der Waals surface area contributed by atoms with Crippen LogP contribution in [-0.2, 0) is 17.8 Å². The second-order valence-electron chi connectivity index (χ2n) is 7.44. The number of thiazole rings is 1. The number of nitrogens with zero attached hydrogens (tertiary/aromatic N) is 2. The zero-order valence-corrected chi connectivity index (χ0v) is 16.1. The number of aromatic nitrogens is 1. The Kier molecular flexibility index (Phi) is 5.86. The van der Waals surface area contributed by atoms with Gasteiger partial charge in [0.1, 0.15) is 0 Å². The molecule has 1 aromatic carbocycles. The van der Waals surface area contributed by atoms with E-state index in [2.05, 4.69) is 34.4 Å².